The molecule has 8 heteroatoms. The van der Waals surface area contributed by atoms with Crippen LogP contribution in [0, 0.1) is 0 Å². The largest absolute Gasteiger partial charge is 0.305 e. The zero-order valence-electron chi connectivity index (χ0n) is 31.4. The third-order valence-electron chi connectivity index (χ3n) is 9.82. The van der Waals surface area contributed by atoms with E-state index in [1.165, 1.54) is 0 Å². The summed E-state index contributed by atoms with van der Waals surface area (Å²) in [5.74, 6) is 1.23. The highest BCUT2D eigenvalue weighted by Gasteiger charge is 2.34. The number of para-hydroxylation sites is 2. The first-order valence-electron chi connectivity index (χ1n) is 19.0. The lowest BCUT2D eigenvalue weighted by molar-refractivity contribution is 0.591. The maximum Gasteiger partial charge on any atom is 0.206 e. The molecule has 9 aromatic rings. The minimum atomic E-state index is -3.69. The molecule has 0 radical (unpaired) electrons. The summed E-state index contributed by atoms with van der Waals surface area (Å²) >= 11 is 0. The lowest BCUT2D eigenvalue weighted by Gasteiger charge is -2.27. The van der Waals surface area contributed by atoms with E-state index < -0.39 is 7.14 Å². The third kappa shape index (κ3) is 7.30. The summed E-state index contributed by atoms with van der Waals surface area (Å²) in [6.45, 7) is 0. The SMILES string of the molecule is O=P(c1ccccc1)(c1cccc(N(c2ccccc2)c2cccc(-c3ccccn3)c2)n1)c1cccc(N(c2ccccc2)c2cccc(-c3ccccn3)c2)n1. The molecule has 0 atom stereocenters. The molecule has 0 unspecified atom stereocenters. The van der Waals surface area contributed by atoms with E-state index in [0.29, 0.717) is 27.8 Å². The fourth-order valence-corrected chi connectivity index (χ4v) is 9.54. The number of hydrogen-bond acceptors (Lipinski definition) is 7. The van der Waals surface area contributed by atoms with Crippen molar-refractivity contribution in [3.8, 4) is 22.5 Å². The van der Waals surface area contributed by atoms with Crippen molar-refractivity contribution in [3.63, 3.8) is 0 Å². The Kier molecular flexibility index (Phi) is 10.2. The van der Waals surface area contributed by atoms with Crippen molar-refractivity contribution in [3.05, 3.63) is 225 Å². The summed E-state index contributed by atoms with van der Waals surface area (Å²) in [7, 11) is -3.69. The Morgan fingerprint density at radius 3 is 1.19 bits per heavy atom. The van der Waals surface area contributed by atoms with Gasteiger partial charge in [0.2, 0.25) is 7.14 Å². The summed E-state index contributed by atoms with van der Waals surface area (Å²) in [5.41, 5.74) is 8.12. The van der Waals surface area contributed by atoms with Gasteiger partial charge in [-0.15, -0.1) is 0 Å². The number of anilines is 6. The third-order valence-corrected chi connectivity index (χ3v) is 12.6. The molecule has 0 aliphatic heterocycles. The molecule has 0 saturated carbocycles. The molecule has 58 heavy (non-hydrogen) atoms. The zero-order chi connectivity index (χ0) is 39.2. The van der Waals surface area contributed by atoms with Gasteiger partial charge in [-0.2, -0.15) is 0 Å². The second-order valence-electron chi connectivity index (χ2n) is 13.5. The number of benzene rings is 5. The highest BCUT2D eigenvalue weighted by atomic mass is 31.2. The Morgan fingerprint density at radius 1 is 0.362 bits per heavy atom. The van der Waals surface area contributed by atoms with Crippen molar-refractivity contribution in [1.29, 1.82) is 0 Å². The van der Waals surface area contributed by atoms with E-state index in [9.17, 15) is 0 Å². The van der Waals surface area contributed by atoms with Crippen LogP contribution in [0.25, 0.3) is 22.5 Å². The number of rotatable bonds is 11. The second-order valence-corrected chi connectivity index (χ2v) is 16.2. The fourth-order valence-electron chi connectivity index (χ4n) is 7.10. The Balaban J connectivity index is 1.19. The van der Waals surface area contributed by atoms with Gasteiger partial charge < -0.3 is 4.57 Å². The number of hydrogen-bond donors (Lipinski definition) is 0. The molecule has 0 amide bonds. The molecule has 0 aliphatic rings. The van der Waals surface area contributed by atoms with Gasteiger partial charge in [0.15, 0.2) is 0 Å². The Morgan fingerprint density at radius 2 is 0.759 bits per heavy atom. The fraction of sp³-hybridized carbons (Fsp3) is 0. The van der Waals surface area contributed by atoms with E-state index in [0.717, 1.165) is 45.3 Å². The Bertz CT molecular complexity index is 2650. The minimum absolute atomic E-state index is 0.422. The summed E-state index contributed by atoms with van der Waals surface area (Å²) in [4.78, 5) is 23.9. The van der Waals surface area contributed by atoms with Crippen LogP contribution in [0.5, 0.6) is 0 Å². The van der Waals surface area contributed by atoms with E-state index in [2.05, 4.69) is 56.2 Å². The van der Waals surface area contributed by atoms with E-state index in [1.54, 1.807) is 12.4 Å². The Labute approximate surface area is 338 Å². The predicted octanol–water partition coefficient (Wildman–Crippen LogP) is 11.2. The van der Waals surface area contributed by atoms with Gasteiger partial charge in [-0.1, -0.05) is 115 Å². The number of pyridine rings is 4. The molecular weight excluding hydrogens is 732 g/mol. The zero-order valence-corrected chi connectivity index (χ0v) is 32.3. The number of aromatic nitrogens is 4. The van der Waals surface area contributed by atoms with Gasteiger partial charge in [-0.05, 0) is 97.1 Å². The number of nitrogens with zero attached hydrogens (tertiary/aromatic N) is 6. The first-order chi connectivity index (χ1) is 28.6. The van der Waals surface area contributed by atoms with Crippen LogP contribution >= 0.6 is 7.14 Å². The average molecular weight is 769 g/mol. The first-order valence-corrected chi connectivity index (χ1v) is 20.7. The molecule has 278 valence electrons. The predicted molar refractivity (Wildman–Crippen MR) is 237 cm³/mol. The van der Waals surface area contributed by atoms with Crippen LogP contribution in [0.15, 0.2) is 225 Å². The molecule has 0 bridgehead atoms. The van der Waals surface area contributed by atoms with Gasteiger partial charge in [0.05, 0.1) is 11.4 Å². The quantitative estimate of drug-likeness (QED) is 0.121. The average Bonchev–Trinajstić information content (AvgIpc) is 3.31. The topological polar surface area (TPSA) is 75.1 Å². The summed E-state index contributed by atoms with van der Waals surface area (Å²) in [6.07, 6.45) is 3.59. The highest BCUT2D eigenvalue weighted by molar-refractivity contribution is 7.85. The molecular formula is C50H37N6OP. The molecule has 0 N–H and O–H groups in total. The minimum Gasteiger partial charge on any atom is -0.305 e. The van der Waals surface area contributed by atoms with Gasteiger partial charge in [-0.25, -0.2) is 9.97 Å². The normalized spacial score (nSPS) is 11.2. The maximum absolute atomic E-state index is 16.2. The van der Waals surface area contributed by atoms with E-state index in [4.69, 9.17) is 9.97 Å². The van der Waals surface area contributed by atoms with Crippen LogP contribution in [0.4, 0.5) is 34.4 Å². The molecule has 9 rings (SSSR count). The lowest BCUT2D eigenvalue weighted by atomic mass is 10.1. The Hall–Kier alpha value is -7.47. The molecule has 0 aliphatic carbocycles. The standard InChI is InChI=1S/C50H37N6OP/c57-58(44-26-8-3-9-27-44,49-32-16-30-47(53-49)55(40-20-4-1-5-21-40)42-24-14-18-38(36-42)45-28-10-12-34-51-45)50-33-17-31-48(54-50)56(41-22-6-2-7-23-41)43-25-15-19-39(37-43)46-29-11-13-35-52-46/h1-37H. The molecule has 0 saturated heterocycles. The smallest absolute Gasteiger partial charge is 0.206 e. The van der Waals surface area contributed by atoms with Crippen molar-refractivity contribution in [2.75, 3.05) is 9.80 Å². The summed E-state index contributed by atoms with van der Waals surface area (Å²) < 4.78 is 16.2. The van der Waals surface area contributed by atoms with Crippen LogP contribution in [0.3, 0.4) is 0 Å². The van der Waals surface area contributed by atoms with Gasteiger partial charge in [0, 0.05) is 51.6 Å². The second kappa shape index (κ2) is 16.3. The van der Waals surface area contributed by atoms with Crippen molar-refractivity contribution in [2.45, 2.75) is 0 Å². The van der Waals surface area contributed by atoms with Crippen LogP contribution in [-0.4, -0.2) is 19.9 Å². The molecule has 0 fully saturated rings. The van der Waals surface area contributed by atoms with Crippen LogP contribution in [0.2, 0.25) is 0 Å². The monoisotopic (exact) mass is 768 g/mol. The molecule has 0 spiro atoms. The van der Waals surface area contributed by atoms with Crippen LogP contribution in [-0.2, 0) is 4.57 Å². The van der Waals surface area contributed by atoms with Crippen molar-refractivity contribution in [2.24, 2.45) is 0 Å². The van der Waals surface area contributed by atoms with E-state index in [1.807, 2.05) is 176 Å². The summed E-state index contributed by atoms with van der Waals surface area (Å²) in [5, 5.41) is 0.635. The highest BCUT2D eigenvalue weighted by Crippen LogP contribution is 2.44. The summed E-state index contributed by atoms with van der Waals surface area (Å²) in [6, 6.07) is 69.4. The molecule has 4 aromatic heterocycles. The maximum atomic E-state index is 16.2. The van der Waals surface area contributed by atoms with E-state index in [-0.39, 0.29) is 0 Å². The van der Waals surface area contributed by atoms with Crippen molar-refractivity contribution in [1.82, 2.24) is 19.9 Å². The van der Waals surface area contributed by atoms with Crippen molar-refractivity contribution >= 4 is 57.7 Å². The van der Waals surface area contributed by atoms with Gasteiger partial charge in [0.25, 0.3) is 0 Å². The van der Waals surface area contributed by atoms with Gasteiger partial charge in [0.1, 0.15) is 22.5 Å². The van der Waals surface area contributed by atoms with Gasteiger partial charge in [-0.3, -0.25) is 19.8 Å². The molecule has 4 heterocycles. The first kappa shape index (κ1) is 36.2. The molecule has 7 nitrogen and oxygen atoms in total. The lowest BCUT2D eigenvalue weighted by Crippen LogP contribution is -2.30. The van der Waals surface area contributed by atoms with Crippen LogP contribution < -0.4 is 26.0 Å². The molecule has 5 aromatic carbocycles. The van der Waals surface area contributed by atoms with E-state index >= 15 is 4.57 Å². The van der Waals surface area contributed by atoms with Crippen molar-refractivity contribution < 1.29 is 4.57 Å². The van der Waals surface area contributed by atoms with Crippen LogP contribution in [0.1, 0.15) is 0 Å². The van der Waals surface area contributed by atoms with Gasteiger partial charge >= 0.3 is 0 Å².